The van der Waals surface area contributed by atoms with Gasteiger partial charge in [-0.1, -0.05) is 18.2 Å². The Bertz CT molecular complexity index is 956. The van der Waals surface area contributed by atoms with Gasteiger partial charge in [-0.2, -0.15) is 0 Å². The average Bonchev–Trinajstić information content (AvgIpc) is 3.33. The molecule has 0 aliphatic carbocycles. The van der Waals surface area contributed by atoms with E-state index in [9.17, 15) is 9.59 Å². The van der Waals surface area contributed by atoms with E-state index in [1.54, 1.807) is 18.1 Å². The number of anilines is 1. The van der Waals surface area contributed by atoms with Crippen molar-refractivity contribution in [2.24, 2.45) is 5.92 Å². The number of hydrogen-bond acceptors (Lipinski definition) is 5. The normalized spacial score (nSPS) is 18.1. The lowest BCUT2D eigenvalue weighted by molar-refractivity contribution is -0.127. The van der Waals surface area contributed by atoms with E-state index in [1.165, 1.54) is 0 Å². The molecule has 2 aromatic rings. The molecule has 1 atom stereocenters. The lowest BCUT2D eigenvalue weighted by Crippen LogP contribution is -2.44. The highest BCUT2D eigenvalue weighted by atomic mass is 16.7. The highest BCUT2D eigenvalue weighted by molar-refractivity contribution is 6.01. The second-order valence-electron chi connectivity index (χ2n) is 7.76. The number of benzene rings is 2. The fourth-order valence-electron chi connectivity index (χ4n) is 3.74. The molecule has 2 heterocycles. The van der Waals surface area contributed by atoms with Crippen LogP contribution in [0.1, 0.15) is 25.8 Å². The number of ether oxygens (including phenoxy) is 3. The Balaban J connectivity index is 1.48. The maximum atomic E-state index is 13.0. The van der Waals surface area contributed by atoms with Gasteiger partial charge in [0.1, 0.15) is 5.75 Å². The van der Waals surface area contributed by atoms with Crippen LogP contribution in [-0.4, -0.2) is 32.3 Å². The topological polar surface area (TPSA) is 77.1 Å². The Morgan fingerprint density at radius 2 is 1.93 bits per heavy atom. The van der Waals surface area contributed by atoms with Crippen LogP contribution in [0.2, 0.25) is 0 Å². The van der Waals surface area contributed by atoms with Crippen molar-refractivity contribution in [3.05, 3.63) is 48.0 Å². The maximum Gasteiger partial charge on any atom is 0.231 e. The Morgan fingerprint density at radius 1 is 1.17 bits per heavy atom. The number of fused-ring (bicyclic) bond motifs is 1. The molecule has 29 heavy (non-hydrogen) atoms. The van der Waals surface area contributed by atoms with E-state index < -0.39 is 11.5 Å². The number of hydrogen-bond donors (Lipinski definition) is 1. The summed E-state index contributed by atoms with van der Waals surface area (Å²) >= 11 is 0. The second kappa shape index (κ2) is 7.31. The van der Waals surface area contributed by atoms with Gasteiger partial charge in [0.05, 0.1) is 24.3 Å². The van der Waals surface area contributed by atoms with E-state index in [1.807, 2.05) is 50.2 Å². The minimum Gasteiger partial charge on any atom is -0.495 e. The summed E-state index contributed by atoms with van der Waals surface area (Å²) in [7, 11) is 1.57. The zero-order chi connectivity index (χ0) is 20.6. The van der Waals surface area contributed by atoms with Crippen LogP contribution in [0.25, 0.3) is 0 Å². The van der Waals surface area contributed by atoms with Crippen LogP contribution in [0.5, 0.6) is 17.2 Å². The van der Waals surface area contributed by atoms with Crippen molar-refractivity contribution in [1.82, 2.24) is 5.32 Å². The first-order valence-corrected chi connectivity index (χ1v) is 9.54. The number of amides is 2. The fourth-order valence-corrected chi connectivity index (χ4v) is 3.74. The Hall–Kier alpha value is -3.22. The second-order valence-corrected chi connectivity index (χ2v) is 7.76. The molecule has 0 spiro atoms. The highest BCUT2D eigenvalue weighted by Gasteiger charge is 2.38. The third-order valence-corrected chi connectivity index (χ3v) is 5.40. The van der Waals surface area contributed by atoms with Crippen LogP contribution in [0.15, 0.2) is 42.5 Å². The Labute approximate surface area is 169 Å². The molecular formula is C22H24N2O5. The average molecular weight is 396 g/mol. The van der Waals surface area contributed by atoms with Crippen molar-refractivity contribution >= 4 is 17.5 Å². The van der Waals surface area contributed by atoms with Crippen LogP contribution >= 0.6 is 0 Å². The molecule has 1 saturated heterocycles. The van der Waals surface area contributed by atoms with Crippen molar-refractivity contribution in [3.63, 3.8) is 0 Å². The number of carbonyl (C=O) groups is 2. The quantitative estimate of drug-likeness (QED) is 0.841. The SMILES string of the molecule is COc1ccccc1N1C[C@@H](C(=O)NC(C)(C)c2ccc3c(c2)OCO3)CC1=O. The van der Waals surface area contributed by atoms with Gasteiger partial charge in [-0.3, -0.25) is 9.59 Å². The van der Waals surface area contributed by atoms with Crippen molar-refractivity contribution in [2.75, 3.05) is 25.3 Å². The first kappa shape index (κ1) is 19.1. The summed E-state index contributed by atoms with van der Waals surface area (Å²) in [6.45, 7) is 4.38. The van der Waals surface area contributed by atoms with Crippen molar-refractivity contribution in [1.29, 1.82) is 0 Å². The molecule has 0 bridgehead atoms. The molecule has 4 rings (SSSR count). The van der Waals surface area contributed by atoms with Gasteiger partial charge in [0.2, 0.25) is 18.6 Å². The summed E-state index contributed by atoms with van der Waals surface area (Å²) in [5.41, 5.74) is 0.963. The predicted octanol–water partition coefficient (Wildman–Crippen LogP) is 2.83. The minimum absolute atomic E-state index is 0.0875. The lowest BCUT2D eigenvalue weighted by atomic mass is 9.92. The zero-order valence-electron chi connectivity index (χ0n) is 16.7. The van der Waals surface area contributed by atoms with E-state index in [2.05, 4.69) is 5.32 Å². The molecular weight excluding hydrogens is 372 g/mol. The van der Waals surface area contributed by atoms with Gasteiger partial charge >= 0.3 is 0 Å². The van der Waals surface area contributed by atoms with Crippen LogP contribution in [0, 0.1) is 5.92 Å². The fraction of sp³-hybridized carbons (Fsp3) is 0.364. The number of nitrogens with zero attached hydrogens (tertiary/aromatic N) is 1. The molecule has 0 saturated carbocycles. The summed E-state index contributed by atoms with van der Waals surface area (Å²) in [6, 6.07) is 13.0. The molecule has 152 valence electrons. The van der Waals surface area contributed by atoms with Crippen molar-refractivity contribution in [3.8, 4) is 17.2 Å². The standard InChI is InChI=1S/C22H24N2O5/c1-22(2,15-8-9-18-19(11-15)29-13-28-18)23-21(26)14-10-20(25)24(12-14)16-6-4-5-7-17(16)27-3/h4-9,11,14H,10,12-13H2,1-3H3,(H,23,26)/t14-/m0/s1. The van der Waals surface area contributed by atoms with Crippen LogP contribution < -0.4 is 24.4 Å². The van der Waals surface area contributed by atoms with Gasteiger partial charge in [-0.15, -0.1) is 0 Å². The van der Waals surface area contributed by atoms with Gasteiger partial charge in [0, 0.05) is 13.0 Å². The zero-order valence-corrected chi connectivity index (χ0v) is 16.7. The summed E-state index contributed by atoms with van der Waals surface area (Å²) in [5, 5.41) is 3.08. The molecule has 1 fully saturated rings. The van der Waals surface area contributed by atoms with E-state index in [0.29, 0.717) is 29.5 Å². The van der Waals surface area contributed by atoms with Gasteiger partial charge < -0.3 is 24.4 Å². The molecule has 2 aromatic carbocycles. The smallest absolute Gasteiger partial charge is 0.231 e. The van der Waals surface area contributed by atoms with Gasteiger partial charge in [0.15, 0.2) is 11.5 Å². The number of para-hydroxylation sites is 2. The van der Waals surface area contributed by atoms with Gasteiger partial charge in [-0.05, 0) is 43.7 Å². The van der Waals surface area contributed by atoms with Gasteiger partial charge in [0.25, 0.3) is 0 Å². The summed E-state index contributed by atoms with van der Waals surface area (Å²) in [6.07, 6.45) is 0.168. The first-order valence-electron chi connectivity index (χ1n) is 9.54. The number of nitrogens with one attached hydrogen (secondary N) is 1. The molecule has 1 N–H and O–H groups in total. The first-order chi connectivity index (χ1) is 13.9. The summed E-state index contributed by atoms with van der Waals surface area (Å²) in [4.78, 5) is 27.2. The van der Waals surface area contributed by atoms with E-state index in [4.69, 9.17) is 14.2 Å². The number of rotatable bonds is 5. The van der Waals surface area contributed by atoms with Crippen LogP contribution in [0.3, 0.4) is 0 Å². The summed E-state index contributed by atoms with van der Waals surface area (Å²) < 4.78 is 16.2. The van der Waals surface area contributed by atoms with Crippen molar-refractivity contribution in [2.45, 2.75) is 25.8 Å². The molecule has 0 radical (unpaired) electrons. The van der Waals surface area contributed by atoms with Gasteiger partial charge in [-0.25, -0.2) is 0 Å². The van der Waals surface area contributed by atoms with E-state index in [0.717, 1.165) is 5.56 Å². The summed E-state index contributed by atoms with van der Waals surface area (Å²) in [5.74, 6) is 1.31. The molecule has 2 aliphatic rings. The largest absolute Gasteiger partial charge is 0.495 e. The van der Waals surface area contributed by atoms with Crippen LogP contribution in [-0.2, 0) is 15.1 Å². The lowest BCUT2D eigenvalue weighted by Gasteiger charge is -2.28. The molecule has 7 nitrogen and oxygen atoms in total. The number of carbonyl (C=O) groups excluding carboxylic acids is 2. The van der Waals surface area contributed by atoms with Crippen molar-refractivity contribution < 1.29 is 23.8 Å². The molecule has 0 aromatic heterocycles. The van der Waals surface area contributed by atoms with E-state index in [-0.39, 0.29) is 25.0 Å². The van der Waals surface area contributed by atoms with E-state index >= 15 is 0 Å². The molecule has 2 aliphatic heterocycles. The monoisotopic (exact) mass is 396 g/mol. The third kappa shape index (κ3) is 3.60. The molecule has 0 unspecified atom stereocenters. The molecule has 2 amide bonds. The van der Waals surface area contributed by atoms with Crippen LogP contribution in [0.4, 0.5) is 5.69 Å². The minimum atomic E-state index is -0.626. The number of methoxy groups -OCH3 is 1. The molecule has 7 heteroatoms. The Morgan fingerprint density at radius 3 is 2.72 bits per heavy atom. The third-order valence-electron chi connectivity index (χ3n) is 5.40. The Kier molecular flexibility index (Phi) is 4.82. The maximum absolute atomic E-state index is 13.0. The predicted molar refractivity (Wildman–Crippen MR) is 107 cm³/mol. The highest BCUT2D eigenvalue weighted by Crippen LogP contribution is 2.36.